The normalized spacial score (nSPS) is 20.8. The molecule has 0 spiro atoms. The molecule has 6 heteroatoms. The number of H-pyrrole nitrogens is 1. The molecule has 2 fully saturated rings. The van der Waals surface area contributed by atoms with Gasteiger partial charge in [0.15, 0.2) is 0 Å². The maximum Gasteiger partial charge on any atom is 0.285 e. The monoisotopic (exact) mass is 283 g/mol. The summed E-state index contributed by atoms with van der Waals surface area (Å²) in [6.45, 7) is 2.64. The van der Waals surface area contributed by atoms with Crippen LogP contribution in [0.15, 0.2) is 11.0 Å². The van der Waals surface area contributed by atoms with Gasteiger partial charge in [-0.25, -0.2) is 5.10 Å². The van der Waals surface area contributed by atoms with Crippen LogP contribution in [-0.4, -0.2) is 36.0 Å². The molecule has 1 saturated heterocycles. The molecule has 5 nitrogen and oxygen atoms in total. The highest BCUT2D eigenvalue weighted by Gasteiger charge is 2.26. The molecule has 2 heterocycles. The van der Waals surface area contributed by atoms with Crippen molar-refractivity contribution in [3.63, 3.8) is 0 Å². The third-order valence-electron chi connectivity index (χ3n) is 3.82. The van der Waals surface area contributed by atoms with Crippen molar-refractivity contribution in [1.82, 2.24) is 10.2 Å². The Bertz CT molecular complexity index is 493. The van der Waals surface area contributed by atoms with E-state index in [1.807, 2.05) is 0 Å². The zero-order valence-electron chi connectivity index (χ0n) is 10.8. The van der Waals surface area contributed by atoms with Crippen molar-refractivity contribution in [1.29, 1.82) is 0 Å². The lowest BCUT2D eigenvalue weighted by Gasteiger charge is -2.33. The molecular weight excluding hydrogens is 266 g/mol. The van der Waals surface area contributed by atoms with Gasteiger partial charge in [-0.05, 0) is 31.6 Å². The highest BCUT2D eigenvalue weighted by molar-refractivity contribution is 6.32. The zero-order valence-corrected chi connectivity index (χ0v) is 11.5. The lowest BCUT2D eigenvalue weighted by molar-refractivity contribution is 0.0305. The Morgan fingerprint density at radius 3 is 2.79 bits per heavy atom. The fourth-order valence-corrected chi connectivity index (χ4v) is 2.63. The second kappa shape index (κ2) is 5.51. The summed E-state index contributed by atoms with van der Waals surface area (Å²) >= 11 is 6.02. The van der Waals surface area contributed by atoms with Crippen molar-refractivity contribution >= 4 is 17.3 Å². The van der Waals surface area contributed by atoms with Crippen LogP contribution >= 0.6 is 11.6 Å². The second-order valence-electron chi connectivity index (χ2n) is 5.36. The summed E-state index contributed by atoms with van der Waals surface area (Å²) in [5.41, 5.74) is 0.400. The predicted octanol–water partition coefficient (Wildman–Crippen LogP) is 1.82. The molecule has 1 aromatic heterocycles. The number of aromatic nitrogens is 2. The largest absolute Gasteiger partial charge is 0.378 e. The van der Waals surface area contributed by atoms with E-state index in [0.29, 0.717) is 6.10 Å². The molecule has 0 radical (unpaired) electrons. The van der Waals surface area contributed by atoms with E-state index in [2.05, 4.69) is 15.1 Å². The molecule has 0 bridgehead atoms. The Kier molecular flexibility index (Phi) is 3.75. The van der Waals surface area contributed by atoms with Crippen LogP contribution in [-0.2, 0) is 4.74 Å². The molecule has 19 heavy (non-hydrogen) atoms. The van der Waals surface area contributed by atoms with Crippen LogP contribution in [0.2, 0.25) is 5.02 Å². The van der Waals surface area contributed by atoms with Gasteiger partial charge in [-0.2, -0.15) is 5.10 Å². The predicted molar refractivity (Wildman–Crippen MR) is 73.8 cm³/mol. The van der Waals surface area contributed by atoms with Gasteiger partial charge >= 0.3 is 0 Å². The second-order valence-corrected chi connectivity index (χ2v) is 5.74. The van der Waals surface area contributed by atoms with Gasteiger partial charge in [0.25, 0.3) is 5.56 Å². The van der Waals surface area contributed by atoms with Gasteiger partial charge < -0.3 is 9.64 Å². The van der Waals surface area contributed by atoms with Crippen molar-refractivity contribution in [3.05, 3.63) is 21.6 Å². The third kappa shape index (κ3) is 3.09. The fraction of sp³-hybridized carbons (Fsp3) is 0.692. The van der Waals surface area contributed by atoms with Crippen molar-refractivity contribution < 1.29 is 4.74 Å². The highest BCUT2D eigenvalue weighted by atomic mass is 35.5. The Morgan fingerprint density at radius 1 is 1.37 bits per heavy atom. The molecule has 104 valence electrons. The van der Waals surface area contributed by atoms with Crippen LogP contribution in [0.3, 0.4) is 0 Å². The SMILES string of the molecule is O=c1[nH]ncc(N2CCC(OCC3CC3)CC2)c1Cl. The van der Waals surface area contributed by atoms with E-state index in [0.717, 1.165) is 44.1 Å². The number of piperidine rings is 1. The first kappa shape index (κ1) is 12.9. The Labute approximate surface area is 116 Å². The number of hydrogen-bond acceptors (Lipinski definition) is 4. The first-order valence-corrected chi connectivity index (χ1v) is 7.21. The van der Waals surface area contributed by atoms with Gasteiger partial charge in [0.2, 0.25) is 0 Å². The first-order chi connectivity index (χ1) is 9.24. The topological polar surface area (TPSA) is 58.2 Å². The maximum absolute atomic E-state index is 11.4. The average molecular weight is 284 g/mol. The number of hydrogen-bond donors (Lipinski definition) is 1. The summed E-state index contributed by atoms with van der Waals surface area (Å²) in [6.07, 6.45) is 6.59. The molecule has 1 aliphatic carbocycles. The molecule has 1 aromatic rings. The number of nitrogens with zero attached hydrogens (tertiary/aromatic N) is 2. The van der Waals surface area contributed by atoms with Gasteiger partial charge in [-0.15, -0.1) is 0 Å². The lowest BCUT2D eigenvalue weighted by Crippen LogP contribution is -2.38. The van der Waals surface area contributed by atoms with Crippen LogP contribution < -0.4 is 10.5 Å². The number of nitrogens with one attached hydrogen (secondary N) is 1. The van der Waals surface area contributed by atoms with Crippen LogP contribution in [0.1, 0.15) is 25.7 Å². The summed E-state index contributed by atoms with van der Waals surface area (Å²) in [5.74, 6) is 0.810. The zero-order chi connectivity index (χ0) is 13.2. The van der Waals surface area contributed by atoms with Crippen LogP contribution in [0.5, 0.6) is 0 Å². The number of rotatable bonds is 4. The van der Waals surface area contributed by atoms with Crippen molar-refractivity contribution in [3.8, 4) is 0 Å². The molecular formula is C13H18ClN3O2. The van der Waals surface area contributed by atoms with E-state index >= 15 is 0 Å². The highest BCUT2D eigenvalue weighted by Crippen LogP contribution is 2.30. The van der Waals surface area contributed by atoms with Gasteiger partial charge in [0.05, 0.1) is 18.0 Å². The summed E-state index contributed by atoms with van der Waals surface area (Å²) in [5, 5.41) is 6.38. The Morgan fingerprint density at radius 2 is 2.11 bits per heavy atom. The van der Waals surface area contributed by atoms with Crippen LogP contribution in [0, 0.1) is 5.92 Å². The fourth-order valence-electron chi connectivity index (χ4n) is 2.41. The minimum atomic E-state index is -0.328. The molecule has 2 aliphatic rings. The molecule has 1 aliphatic heterocycles. The van der Waals surface area contributed by atoms with E-state index in [1.54, 1.807) is 6.20 Å². The maximum atomic E-state index is 11.4. The summed E-state index contributed by atoms with van der Waals surface area (Å²) in [6, 6.07) is 0. The Hall–Kier alpha value is -1.07. The smallest absolute Gasteiger partial charge is 0.285 e. The summed E-state index contributed by atoms with van der Waals surface area (Å²) < 4.78 is 5.90. The average Bonchev–Trinajstić information content (AvgIpc) is 3.25. The molecule has 0 amide bonds. The minimum Gasteiger partial charge on any atom is -0.378 e. The van der Waals surface area contributed by atoms with Gasteiger partial charge in [0.1, 0.15) is 5.02 Å². The molecule has 0 atom stereocenters. The van der Waals surface area contributed by atoms with E-state index in [9.17, 15) is 4.79 Å². The van der Waals surface area contributed by atoms with E-state index in [-0.39, 0.29) is 10.6 Å². The van der Waals surface area contributed by atoms with Crippen molar-refractivity contribution in [2.75, 3.05) is 24.6 Å². The molecule has 0 aromatic carbocycles. The lowest BCUT2D eigenvalue weighted by atomic mass is 10.1. The van der Waals surface area contributed by atoms with E-state index in [4.69, 9.17) is 16.3 Å². The van der Waals surface area contributed by atoms with Crippen molar-refractivity contribution in [2.24, 2.45) is 5.92 Å². The molecule has 3 rings (SSSR count). The molecule has 0 unspecified atom stereocenters. The number of anilines is 1. The summed E-state index contributed by atoms with van der Waals surface area (Å²) in [4.78, 5) is 13.5. The van der Waals surface area contributed by atoms with Crippen LogP contribution in [0.25, 0.3) is 0 Å². The molecule has 1 saturated carbocycles. The first-order valence-electron chi connectivity index (χ1n) is 6.84. The van der Waals surface area contributed by atoms with Gasteiger partial charge in [0, 0.05) is 19.7 Å². The number of aromatic amines is 1. The van der Waals surface area contributed by atoms with Crippen molar-refractivity contribution in [2.45, 2.75) is 31.8 Å². The van der Waals surface area contributed by atoms with E-state index in [1.165, 1.54) is 12.8 Å². The standard InChI is InChI=1S/C13H18ClN3O2/c14-12-11(7-15-16-13(12)18)17-5-3-10(4-6-17)19-8-9-1-2-9/h7,9-10H,1-6,8H2,(H,16,18). The van der Waals surface area contributed by atoms with Gasteiger partial charge in [-0.1, -0.05) is 11.6 Å². The van der Waals surface area contributed by atoms with E-state index < -0.39 is 0 Å². The van der Waals surface area contributed by atoms with Crippen LogP contribution in [0.4, 0.5) is 5.69 Å². The quantitative estimate of drug-likeness (QED) is 0.916. The molecule has 1 N–H and O–H groups in total. The Balaban J connectivity index is 1.56. The number of ether oxygens (including phenoxy) is 1. The third-order valence-corrected chi connectivity index (χ3v) is 4.19. The van der Waals surface area contributed by atoms with Gasteiger partial charge in [-0.3, -0.25) is 4.79 Å². The number of halogens is 1. The summed E-state index contributed by atoms with van der Waals surface area (Å²) in [7, 11) is 0. The minimum absolute atomic E-state index is 0.229.